The smallest absolute Gasteiger partial charge is 0.352 e. The van der Waals surface area contributed by atoms with Gasteiger partial charge in [0.2, 0.25) is 0 Å². The van der Waals surface area contributed by atoms with Crippen molar-refractivity contribution in [1.82, 2.24) is 4.90 Å². The first-order valence-corrected chi connectivity index (χ1v) is 7.66. The van der Waals surface area contributed by atoms with E-state index in [-0.39, 0.29) is 19.5 Å². The molecule has 0 spiro atoms. The minimum atomic E-state index is 0. The van der Waals surface area contributed by atoms with E-state index in [0.29, 0.717) is 12.1 Å². The van der Waals surface area contributed by atoms with E-state index < -0.39 is 0 Å². The van der Waals surface area contributed by atoms with Crippen molar-refractivity contribution < 1.29 is 19.5 Å². The third-order valence-corrected chi connectivity index (χ3v) is 4.60. The third-order valence-electron chi connectivity index (χ3n) is 4.16. The van der Waals surface area contributed by atoms with Gasteiger partial charge in [-0.3, -0.25) is 0 Å². The molecule has 2 saturated carbocycles. The van der Waals surface area contributed by atoms with Crippen molar-refractivity contribution in [2.75, 3.05) is 0 Å². The molecule has 0 atom stereocenters. The average molecular weight is 323 g/mol. The van der Waals surface area contributed by atoms with Crippen LogP contribution in [0.3, 0.4) is 0 Å². The number of hydrogen-bond donors (Lipinski definition) is 1. The summed E-state index contributed by atoms with van der Waals surface area (Å²) < 4.78 is 0.846. The predicted octanol–water partition coefficient (Wildman–Crippen LogP) is 4.17. The predicted molar refractivity (Wildman–Crippen MR) is 77.2 cm³/mol. The molecule has 0 aromatic carbocycles. The SMILES string of the molecule is S=C(S)N(C1CCCCC1)C1CCCCC1.[Zn+2]. The Morgan fingerprint density at radius 3 is 1.47 bits per heavy atom. The molecule has 0 aliphatic heterocycles. The molecule has 0 saturated heterocycles. The second-order valence-corrected chi connectivity index (χ2v) is 6.39. The largest absolute Gasteiger partial charge is 2.00 e. The summed E-state index contributed by atoms with van der Waals surface area (Å²) in [6, 6.07) is 1.39. The molecule has 0 heterocycles. The second kappa shape index (κ2) is 8.12. The number of thiol groups is 1. The van der Waals surface area contributed by atoms with Gasteiger partial charge >= 0.3 is 19.5 Å². The van der Waals surface area contributed by atoms with Gasteiger partial charge in [-0.25, -0.2) is 0 Å². The van der Waals surface area contributed by atoms with Crippen molar-refractivity contribution in [1.29, 1.82) is 0 Å². The van der Waals surface area contributed by atoms with Gasteiger partial charge in [-0.1, -0.05) is 50.7 Å². The van der Waals surface area contributed by atoms with Gasteiger partial charge in [0.25, 0.3) is 0 Å². The van der Waals surface area contributed by atoms with E-state index in [4.69, 9.17) is 12.2 Å². The number of hydrogen-bond acceptors (Lipinski definition) is 1. The van der Waals surface area contributed by atoms with E-state index in [2.05, 4.69) is 17.5 Å². The number of rotatable bonds is 2. The zero-order valence-electron chi connectivity index (χ0n) is 10.7. The summed E-state index contributed by atoms with van der Waals surface area (Å²) in [6.07, 6.45) is 13.7. The molecule has 2 fully saturated rings. The summed E-state index contributed by atoms with van der Waals surface area (Å²) in [7, 11) is 0. The average Bonchev–Trinajstić information content (AvgIpc) is 2.31. The molecule has 1 nitrogen and oxygen atoms in total. The fourth-order valence-corrected chi connectivity index (χ4v) is 3.95. The van der Waals surface area contributed by atoms with E-state index in [0.717, 1.165) is 4.32 Å². The van der Waals surface area contributed by atoms with E-state index in [1.807, 2.05) is 0 Å². The Kier molecular flexibility index (Phi) is 7.60. The maximum Gasteiger partial charge on any atom is 2.00 e. The monoisotopic (exact) mass is 321 g/mol. The van der Waals surface area contributed by atoms with Gasteiger partial charge in [0.05, 0.1) is 0 Å². The van der Waals surface area contributed by atoms with Crippen LogP contribution in [0, 0.1) is 0 Å². The molecule has 0 amide bonds. The summed E-state index contributed by atoms with van der Waals surface area (Å²) in [5.41, 5.74) is 0. The van der Waals surface area contributed by atoms with Crippen LogP contribution in [0.2, 0.25) is 0 Å². The first-order chi connectivity index (χ1) is 7.79. The van der Waals surface area contributed by atoms with Gasteiger partial charge in [0.15, 0.2) is 0 Å². The van der Waals surface area contributed by atoms with Crippen LogP contribution in [0.4, 0.5) is 0 Å². The maximum absolute atomic E-state index is 5.37. The van der Waals surface area contributed by atoms with Gasteiger partial charge in [0, 0.05) is 12.1 Å². The zero-order chi connectivity index (χ0) is 11.4. The fourth-order valence-electron chi connectivity index (χ4n) is 3.33. The summed E-state index contributed by atoms with van der Waals surface area (Å²) >= 11 is 9.84. The van der Waals surface area contributed by atoms with Gasteiger partial charge in [-0.2, -0.15) is 0 Å². The molecule has 17 heavy (non-hydrogen) atoms. The summed E-state index contributed by atoms with van der Waals surface area (Å²) in [5, 5.41) is 0. The van der Waals surface area contributed by atoms with E-state index >= 15 is 0 Å². The molecule has 92 valence electrons. The molecular weight excluding hydrogens is 300 g/mol. The molecule has 2 aliphatic rings. The maximum atomic E-state index is 5.37. The first-order valence-electron chi connectivity index (χ1n) is 6.80. The van der Waals surface area contributed by atoms with Crippen molar-refractivity contribution in [2.24, 2.45) is 0 Å². The van der Waals surface area contributed by atoms with E-state index in [1.165, 1.54) is 64.2 Å². The Morgan fingerprint density at radius 2 is 1.18 bits per heavy atom. The van der Waals surface area contributed by atoms with Crippen molar-refractivity contribution in [3.05, 3.63) is 0 Å². The fraction of sp³-hybridized carbons (Fsp3) is 0.923. The Labute approximate surface area is 129 Å². The van der Waals surface area contributed by atoms with Gasteiger partial charge in [-0.15, -0.1) is 12.6 Å². The molecule has 0 radical (unpaired) electrons. The van der Waals surface area contributed by atoms with Gasteiger partial charge in [0.1, 0.15) is 4.32 Å². The topological polar surface area (TPSA) is 3.24 Å². The molecule has 0 aromatic rings. The normalized spacial score (nSPS) is 22.9. The Hall–Kier alpha value is 0.863. The zero-order valence-corrected chi connectivity index (χ0v) is 15.4. The molecule has 2 rings (SSSR count). The van der Waals surface area contributed by atoms with E-state index in [9.17, 15) is 0 Å². The molecule has 0 unspecified atom stereocenters. The summed E-state index contributed by atoms with van der Waals surface area (Å²) in [6.45, 7) is 0. The van der Waals surface area contributed by atoms with Crippen LogP contribution in [0.1, 0.15) is 64.2 Å². The second-order valence-electron chi connectivity index (χ2n) is 5.27. The third kappa shape index (κ3) is 4.47. The van der Waals surface area contributed by atoms with Crippen LogP contribution in [0.15, 0.2) is 0 Å². The Balaban J connectivity index is 0.00000144. The van der Waals surface area contributed by atoms with Crippen molar-refractivity contribution >= 4 is 29.2 Å². The standard InChI is InChI=1S/C13H23NS2.Zn/c15-13(16)14(11-7-3-1-4-8-11)12-9-5-2-6-10-12;/h11-12H,1-10H2,(H,15,16);/q;+2. The van der Waals surface area contributed by atoms with Crippen LogP contribution in [0.25, 0.3) is 0 Å². The van der Waals surface area contributed by atoms with Crippen molar-refractivity contribution in [3.8, 4) is 0 Å². The molecule has 4 heteroatoms. The van der Waals surface area contributed by atoms with E-state index in [1.54, 1.807) is 0 Å². The van der Waals surface area contributed by atoms with Crippen molar-refractivity contribution in [2.45, 2.75) is 76.3 Å². The minimum Gasteiger partial charge on any atom is -0.352 e. The quantitative estimate of drug-likeness (QED) is 0.462. The molecule has 0 N–H and O–H groups in total. The molecule has 2 aliphatic carbocycles. The first kappa shape index (κ1) is 15.9. The molecular formula is C13H23NS2Zn+2. The summed E-state index contributed by atoms with van der Waals surface area (Å²) in [4.78, 5) is 2.48. The van der Waals surface area contributed by atoms with Crippen molar-refractivity contribution in [3.63, 3.8) is 0 Å². The van der Waals surface area contributed by atoms with Crippen LogP contribution in [-0.2, 0) is 19.5 Å². The van der Waals surface area contributed by atoms with Gasteiger partial charge < -0.3 is 4.90 Å². The summed E-state index contributed by atoms with van der Waals surface area (Å²) in [5.74, 6) is 0. The molecule has 0 aromatic heterocycles. The Bertz CT molecular complexity index is 218. The van der Waals surface area contributed by atoms with Gasteiger partial charge in [-0.05, 0) is 25.7 Å². The van der Waals surface area contributed by atoms with Crippen LogP contribution >= 0.6 is 24.8 Å². The Morgan fingerprint density at radius 1 is 0.824 bits per heavy atom. The number of nitrogens with zero attached hydrogens (tertiary/aromatic N) is 1. The number of thiocarbonyl (C=S) groups is 1. The van der Waals surface area contributed by atoms with Crippen LogP contribution < -0.4 is 0 Å². The minimum absolute atomic E-state index is 0. The molecule has 0 bridgehead atoms. The van der Waals surface area contributed by atoms with Crippen LogP contribution in [-0.4, -0.2) is 21.3 Å². The van der Waals surface area contributed by atoms with Crippen LogP contribution in [0.5, 0.6) is 0 Å².